The Kier molecular flexibility index (Phi) is 3.15. The van der Waals surface area contributed by atoms with E-state index in [4.69, 9.17) is 5.11 Å². The Morgan fingerprint density at radius 3 is 2.67 bits per heavy atom. The lowest BCUT2D eigenvalue weighted by molar-refractivity contribution is 0.279. The van der Waals surface area contributed by atoms with Gasteiger partial charge in [-0.15, -0.1) is 0 Å². The zero-order chi connectivity index (χ0) is 12.4. The average Bonchev–Trinajstić information content (AvgIpc) is 3.17. The molecule has 0 amide bonds. The first kappa shape index (κ1) is 11.5. The van der Waals surface area contributed by atoms with Gasteiger partial charge in [0.1, 0.15) is 0 Å². The molecule has 1 heterocycles. The van der Waals surface area contributed by atoms with Crippen molar-refractivity contribution in [3.8, 4) is 11.3 Å². The standard InChI is InChI=1S/C15H18N2O/c18-10-4-9-17-11-16-14(15(17)13-7-8-13)12-5-2-1-3-6-12/h1-3,5-6,11,13,18H,4,7-10H2. The zero-order valence-corrected chi connectivity index (χ0v) is 10.4. The number of imidazole rings is 1. The highest BCUT2D eigenvalue weighted by Crippen LogP contribution is 2.44. The molecular formula is C15H18N2O. The second-order valence-corrected chi connectivity index (χ2v) is 4.89. The fraction of sp³-hybridized carbons (Fsp3) is 0.400. The summed E-state index contributed by atoms with van der Waals surface area (Å²) in [5, 5.41) is 8.96. The number of aryl methyl sites for hydroxylation is 1. The minimum Gasteiger partial charge on any atom is -0.396 e. The number of aliphatic hydroxyl groups excluding tert-OH is 1. The van der Waals surface area contributed by atoms with Crippen molar-refractivity contribution in [1.29, 1.82) is 0 Å². The molecule has 1 saturated carbocycles. The second kappa shape index (κ2) is 4.94. The zero-order valence-electron chi connectivity index (χ0n) is 10.4. The van der Waals surface area contributed by atoms with Crippen LogP contribution in [0.1, 0.15) is 30.9 Å². The molecule has 3 rings (SSSR count). The Labute approximate surface area is 107 Å². The largest absolute Gasteiger partial charge is 0.396 e. The van der Waals surface area contributed by atoms with E-state index >= 15 is 0 Å². The Hall–Kier alpha value is -1.61. The minimum atomic E-state index is 0.239. The summed E-state index contributed by atoms with van der Waals surface area (Å²) >= 11 is 0. The van der Waals surface area contributed by atoms with E-state index in [-0.39, 0.29) is 6.61 Å². The third-order valence-corrected chi connectivity index (χ3v) is 3.45. The molecule has 94 valence electrons. The third kappa shape index (κ3) is 2.18. The molecule has 1 aliphatic carbocycles. The van der Waals surface area contributed by atoms with E-state index in [1.54, 1.807) is 0 Å². The average molecular weight is 242 g/mol. The smallest absolute Gasteiger partial charge is 0.0956 e. The van der Waals surface area contributed by atoms with E-state index in [1.165, 1.54) is 24.1 Å². The summed E-state index contributed by atoms with van der Waals surface area (Å²) in [6, 6.07) is 10.4. The van der Waals surface area contributed by atoms with E-state index in [0.717, 1.165) is 18.7 Å². The van der Waals surface area contributed by atoms with Gasteiger partial charge < -0.3 is 9.67 Å². The van der Waals surface area contributed by atoms with Crippen LogP contribution in [0.5, 0.6) is 0 Å². The van der Waals surface area contributed by atoms with Crippen LogP contribution < -0.4 is 0 Å². The van der Waals surface area contributed by atoms with Crippen molar-refractivity contribution in [3.63, 3.8) is 0 Å². The van der Waals surface area contributed by atoms with Crippen LogP contribution in [0, 0.1) is 0 Å². The van der Waals surface area contributed by atoms with Crippen LogP contribution in [-0.4, -0.2) is 21.3 Å². The van der Waals surface area contributed by atoms with E-state index in [9.17, 15) is 0 Å². The van der Waals surface area contributed by atoms with Crippen molar-refractivity contribution in [2.24, 2.45) is 0 Å². The lowest BCUT2D eigenvalue weighted by Gasteiger charge is -2.08. The van der Waals surface area contributed by atoms with Crippen molar-refractivity contribution in [3.05, 3.63) is 42.4 Å². The van der Waals surface area contributed by atoms with Crippen molar-refractivity contribution < 1.29 is 5.11 Å². The maximum Gasteiger partial charge on any atom is 0.0956 e. The molecule has 0 spiro atoms. The van der Waals surface area contributed by atoms with Gasteiger partial charge in [0, 0.05) is 30.3 Å². The minimum absolute atomic E-state index is 0.239. The van der Waals surface area contributed by atoms with Crippen molar-refractivity contribution in [2.45, 2.75) is 31.7 Å². The fourth-order valence-electron chi connectivity index (χ4n) is 2.41. The van der Waals surface area contributed by atoms with E-state index in [2.05, 4.69) is 33.8 Å². The van der Waals surface area contributed by atoms with Crippen LogP contribution in [0.2, 0.25) is 0 Å². The summed E-state index contributed by atoms with van der Waals surface area (Å²) in [7, 11) is 0. The fourth-order valence-corrected chi connectivity index (χ4v) is 2.41. The SMILES string of the molecule is OCCCn1cnc(-c2ccccc2)c1C1CC1. The molecule has 3 nitrogen and oxygen atoms in total. The number of aliphatic hydroxyl groups is 1. The van der Waals surface area contributed by atoms with Gasteiger partial charge in [0.2, 0.25) is 0 Å². The first-order valence-electron chi connectivity index (χ1n) is 6.61. The van der Waals surface area contributed by atoms with Crippen LogP contribution in [0.15, 0.2) is 36.7 Å². The first-order valence-corrected chi connectivity index (χ1v) is 6.61. The van der Waals surface area contributed by atoms with Crippen molar-refractivity contribution >= 4 is 0 Å². The molecule has 0 saturated heterocycles. The van der Waals surface area contributed by atoms with Gasteiger partial charge in [-0.25, -0.2) is 4.98 Å². The van der Waals surface area contributed by atoms with E-state index in [0.29, 0.717) is 5.92 Å². The van der Waals surface area contributed by atoms with E-state index < -0.39 is 0 Å². The molecule has 0 atom stereocenters. The maximum absolute atomic E-state index is 8.96. The molecule has 1 fully saturated rings. The van der Waals surface area contributed by atoms with Crippen LogP contribution in [-0.2, 0) is 6.54 Å². The maximum atomic E-state index is 8.96. The predicted molar refractivity (Wildman–Crippen MR) is 71.3 cm³/mol. The second-order valence-electron chi connectivity index (χ2n) is 4.89. The number of hydrogen-bond acceptors (Lipinski definition) is 2. The van der Waals surface area contributed by atoms with Crippen molar-refractivity contribution in [2.75, 3.05) is 6.61 Å². The predicted octanol–water partition coefficient (Wildman–Crippen LogP) is 2.81. The normalized spacial score (nSPS) is 14.9. The quantitative estimate of drug-likeness (QED) is 0.875. The summed E-state index contributed by atoms with van der Waals surface area (Å²) < 4.78 is 2.22. The molecule has 0 aliphatic heterocycles. The van der Waals surface area contributed by atoms with Gasteiger partial charge >= 0.3 is 0 Å². The Morgan fingerprint density at radius 1 is 1.22 bits per heavy atom. The third-order valence-electron chi connectivity index (χ3n) is 3.45. The summed E-state index contributed by atoms with van der Waals surface area (Å²) in [6.07, 6.45) is 5.26. The summed E-state index contributed by atoms with van der Waals surface area (Å²) in [5.41, 5.74) is 3.67. The molecule has 2 aromatic rings. The number of rotatable bonds is 5. The lowest BCUT2D eigenvalue weighted by atomic mass is 10.1. The molecule has 0 radical (unpaired) electrons. The van der Waals surface area contributed by atoms with Gasteiger partial charge in [-0.1, -0.05) is 30.3 Å². The first-order chi connectivity index (χ1) is 8.90. The summed E-state index contributed by atoms with van der Waals surface area (Å²) in [6.45, 7) is 1.10. The molecule has 3 heteroatoms. The molecule has 1 aliphatic rings. The van der Waals surface area contributed by atoms with Crippen LogP contribution in [0.4, 0.5) is 0 Å². The van der Waals surface area contributed by atoms with Crippen LogP contribution in [0.3, 0.4) is 0 Å². The Morgan fingerprint density at radius 2 is 2.00 bits per heavy atom. The molecule has 0 unspecified atom stereocenters. The number of nitrogens with zero attached hydrogens (tertiary/aromatic N) is 2. The number of benzene rings is 1. The highest BCUT2D eigenvalue weighted by Gasteiger charge is 2.30. The molecule has 18 heavy (non-hydrogen) atoms. The Bertz CT molecular complexity index is 515. The highest BCUT2D eigenvalue weighted by atomic mass is 16.3. The number of hydrogen-bond donors (Lipinski definition) is 1. The van der Waals surface area contributed by atoms with Gasteiger partial charge in [0.25, 0.3) is 0 Å². The Balaban J connectivity index is 1.97. The van der Waals surface area contributed by atoms with Crippen LogP contribution >= 0.6 is 0 Å². The summed E-state index contributed by atoms with van der Waals surface area (Å²) in [4.78, 5) is 4.58. The molecule has 1 N–H and O–H groups in total. The molecular weight excluding hydrogens is 224 g/mol. The lowest BCUT2D eigenvalue weighted by Crippen LogP contribution is -2.03. The molecule has 0 bridgehead atoms. The van der Waals surface area contributed by atoms with Gasteiger partial charge in [0.05, 0.1) is 12.0 Å². The van der Waals surface area contributed by atoms with Gasteiger partial charge in [0.15, 0.2) is 0 Å². The molecule has 1 aromatic carbocycles. The summed E-state index contributed by atoms with van der Waals surface area (Å²) in [5.74, 6) is 0.668. The van der Waals surface area contributed by atoms with Gasteiger partial charge in [-0.2, -0.15) is 0 Å². The molecule has 1 aromatic heterocycles. The highest BCUT2D eigenvalue weighted by molar-refractivity contribution is 5.63. The monoisotopic (exact) mass is 242 g/mol. The topological polar surface area (TPSA) is 38.0 Å². The van der Waals surface area contributed by atoms with Gasteiger partial charge in [-0.05, 0) is 19.3 Å². The number of aromatic nitrogens is 2. The van der Waals surface area contributed by atoms with Gasteiger partial charge in [-0.3, -0.25) is 0 Å². The van der Waals surface area contributed by atoms with Crippen LogP contribution in [0.25, 0.3) is 11.3 Å². The van der Waals surface area contributed by atoms with Crippen molar-refractivity contribution in [1.82, 2.24) is 9.55 Å². The van der Waals surface area contributed by atoms with E-state index in [1.807, 2.05) is 12.4 Å².